The molecule has 0 aromatic heterocycles. The highest BCUT2D eigenvalue weighted by Crippen LogP contribution is 2.27. The minimum atomic E-state index is -3.50. The zero-order valence-corrected chi connectivity index (χ0v) is 12.8. The molecule has 0 aliphatic rings. The van der Waals surface area contributed by atoms with Crippen LogP contribution in [0.1, 0.15) is 10.4 Å². The van der Waals surface area contributed by atoms with Crippen molar-refractivity contribution < 1.29 is 23.4 Å². The highest BCUT2D eigenvalue weighted by atomic mass is 32.2. The molecule has 2 aromatic rings. The average molecular weight is 321 g/mol. The van der Waals surface area contributed by atoms with Crippen LogP contribution < -0.4 is 0 Å². The summed E-state index contributed by atoms with van der Waals surface area (Å²) in [6.45, 7) is 0. The summed E-state index contributed by atoms with van der Waals surface area (Å²) in [6.07, 6.45) is 0. The molecule has 0 bridgehead atoms. The van der Waals surface area contributed by atoms with E-state index >= 15 is 0 Å². The van der Waals surface area contributed by atoms with Crippen molar-refractivity contribution in [1.82, 2.24) is 4.31 Å². The number of carbonyl (C=O) groups is 1. The summed E-state index contributed by atoms with van der Waals surface area (Å²) in [5.74, 6) is -1.55. The van der Waals surface area contributed by atoms with E-state index in [1.807, 2.05) is 0 Å². The number of hydrogen-bond donors (Lipinski definition) is 2. The van der Waals surface area contributed by atoms with Crippen LogP contribution in [0.2, 0.25) is 0 Å². The van der Waals surface area contributed by atoms with Crippen molar-refractivity contribution in [2.24, 2.45) is 0 Å². The molecule has 6 nitrogen and oxygen atoms in total. The van der Waals surface area contributed by atoms with E-state index in [0.29, 0.717) is 11.1 Å². The van der Waals surface area contributed by atoms with Crippen molar-refractivity contribution in [3.05, 3.63) is 48.0 Å². The average Bonchev–Trinajstić information content (AvgIpc) is 2.46. The van der Waals surface area contributed by atoms with Crippen molar-refractivity contribution in [3.63, 3.8) is 0 Å². The van der Waals surface area contributed by atoms with Gasteiger partial charge < -0.3 is 10.2 Å². The number of sulfonamides is 1. The van der Waals surface area contributed by atoms with Crippen molar-refractivity contribution >= 4 is 16.0 Å². The molecule has 0 spiro atoms. The fourth-order valence-corrected chi connectivity index (χ4v) is 2.82. The van der Waals surface area contributed by atoms with Gasteiger partial charge in [0.15, 0.2) is 0 Å². The van der Waals surface area contributed by atoms with Gasteiger partial charge in [-0.05, 0) is 35.4 Å². The molecular formula is C15H15NO5S. The Kier molecular flexibility index (Phi) is 4.20. The first-order valence-electron chi connectivity index (χ1n) is 6.33. The summed E-state index contributed by atoms with van der Waals surface area (Å²) in [5.41, 5.74) is 1.08. The molecule has 0 saturated carbocycles. The third-order valence-electron chi connectivity index (χ3n) is 3.19. The van der Waals surface area contributed by atoms with Gasteiger partial charge in [-0.1, -0.05) is 18.2 Å². The Bertz CT molecular complexity index is 810. The Balaban J connectivity index is 2.40. The molecular weight excluding hydrogens is 306 g/mol. The molecule has 0 saturated heterocycles. The van der Waals surface area contributed by atoms with Gasteiger partial charge in [-0.25, -0.2) is 17.5 Å². The van der Waals surface area contributed by atoms with Crippen molar-refractivity contribution in [1.29, 1.82) is 0 Å². The van der Waals surface area contributed by atoms with Crippen LogP contribution in [0.3, 0.4) is 0 Å². The van der Waals surface area contributed by atoms with Crippen LogP contribution in [0, 0.1) is 0 Å². The number of carboxylic acid groups (broad SMARTS) is 1. The van der Waals surface area contributed by atoms with Gasteiger partial charge in [-0.3, -0.25) is 0 Å². The number of nitrogens with zero attached hydrogens (tertiary/aromatic N) is 1. The standard InChI is InChI=1S/C15H15NO5S/c1-16(2)22(20,21)12-6-3-10(4-7-12)11-5-8-13(15(18)19)14(17)9-11/h3-9,17H,1-2H3,(H,18,19). The number of phenols is 1. The molecule has 0 amide bonds. The van der Waals surface area contributed by atoms with Gasteiger partial charge in [0.2, 0.25) is 10.0 Å². The predicted octanol–water partition coefficient (Wildman–Crippen LogP) is 2.01. The Morgan fingerprint density at radius 2 is 1.55 bits per heavy atom. The van der Waals surface area contributed by atoms with Crippen molar-refractivity contribution in [3.8, 4) is 16.9 Å². The van der Waals surface area contributed by atoms with E-state index in [1.165, 1.54) is 38.4 Å². The Morgan fingerprint density at radius 1 is 1.00 bits per heavy atom. The maximum atomic E-state index is 12.0. The Hall–Kier alpha value is -2.38. The van der Waals surface area contributed by atoms with Crippen molar-refractivity contribution in [2.45, 2.75) is 4.90 Å². The first kappa shape index (κ1) is 16.0. The number of carboxylic acids is 1. The van der Waals surface area contributed by atoms with Crippen LogP contribution >= 0.6 is 0 Å². The van der Waals surface area contributed by atoms with E-state index in [9.17, 15) is 18.3 Å². The molecule has 0 atom stereocenters. The molecule has 2 N–H and O–H groups in total. The second kappa shape index (κ2) is 5.78. The van der Waals surface area contributed by atoms with Crippen LogP contribution in [0.5, 0.6) is 5.75 Å². The van der Waals surface area contributed by atoms with Crippen LogP contribution in [-0.4, -0.2) is 43.0 Å². The van der Waals surface area contributed by atoms with Gasteiger partial charge in [-0.2, -0.15) is 0 Å². The van der Waals surface area contributed by atoms with Gasteiger partial charge in [0.25, 0.3) is 0 Å². The first-order valence-corrected chi connectivity index (χ1v) is 7.77. The number of aromatic carboxylic acids is 1. The Morgan fingerprint density at radius 3 is 2.00 bits per heavy atom. The summed E-state index contributed by atoms with van der Waals surface area (Å²) in [5, 5.41) is 18.6. The zero-order valence-electron chi connectivity index (χ0n) is 12.0. The van der Waals surface area contributed by atoms with E-state index in [4.69, 9.17) is 5.11 Å². The smallest absolute Gasteiger partial charge is 0.339 e. The normalized spacial score (nSPS) is 11.6. The molecule has 0 fully saturated rings. The number of benzene rings is 2. The van der Waals surface area contributed by atoms with Crippen LogP contribution in [0.4, 0.5) is 0 Å². The quantitative estimate of drug-likeness (QED) is 0.898. The van der Waals surface area contributed by atoms with Crippen LogP contribution in [0.15, 0.2) is 47.4 Å². The Labute approximate surface area is 128 Å². The second-order valence-electron chi connectivity index (χ2n) is 4.85. The van der Waals surface area contributed by atoms with E-state index in [1.54, 1.807) is 18.2 Å². The van der Waals surface area contributed by atoms with E-state index in [2.05, 4.69) is 0 Å². The SMILES string of the molecule is CN(C)S(=O)(=O)c1ccc(-c2ccc(C(=O)O)c(O)c2)cc1. The largest absolute Gasteiger partial charge is 0.507 e. The molecule has 22 heavy (non-hydrogen) atoms. The fourth-order valence-electron chi connectivity index (χ4n) is 1.92. The predicted molar refractivity (Wildman–Crippen MR) is 81.4 cm³/mol. The number of rotatable bonds is 4. The van der Waals surface area contributed by atoms with Gasteiger partial charge in [0.05, 0.1) is 4.90 Å². The van der Waals surface area contributed by atoms with Gasteiger partial charge in [0, 0.05) is 14.1 Å². The maximum absolute atomic E-state index is 12.0. The van der Waals surface area contributed by atoms with E-state index < -0.39 is 16.0 Å². The van der Waals surface area contributed by atoms with Gasteiger partial charge in [0.1, 0.15) is 11.3 Å². The van der Waals surface area contributed by atoms with Crippen LogP contribution in [-0.2, 0) is 10.0 Å². The lowest BCUT2D eigenvalue weighted by atomic mass is 10.0. The number of hydrogen-bond acceptors (Lipinski definition) is 4. The zero-order chi connectivity index (χ0) is 16.5. The lowest BCUT2D eigenvalue weighted by Crippen LogP contribution is -2.22. The monoisotopic (exact) mass is 321 g/mol. The molecule has 0 aliphatic heterocycles. The fraction of sp³-hybridized carbons (Fsp3) is 0.133. The molecule has 0 unspecified atom stereocenters. The molecule has 0 radical (unpaired) electrons. The molecule has 0 heterocycles. The second-order valence-corrected chi connectivity index (χ2v) is 7.00. The summed E-state index contributed by atoms with van der Waals surface area (Å²) >= 11 is 0. The summed E-state index contributed by atoms with van der Waals surface area (Å²) in [4.78, 5) is 11.0. The highest BCUT2D eigenvalue weighted by Gasteiger charge is 2.17. The van der Waals surface area contributed by atoms with Gasteiger partial charge in [-0.15, -0.1) is 0 Å². The third kappa shape index (κ3) is 2.95. The summed E-state index contributed by atoms with van der Waals surface area (Å²) < 4.78 is 25.1. The molecule has 2 aromatic carbocycles. The highest BCUT2D eigenvalue weighted by molar-refractivity contribution is 7.89. The lowest BCUT2D eigenvalue weighted by molar-refractivity contribution is 0.0693. The van der Waals surface area contributed by atoms with E-state index in [0.717, 1.165) is 4.31 Å². The molecule has 2 rings (SSSR count). The molecule has 7 heteroatoms. The lowest BCUT2D eigenvalue weighted by Gasteiger charge is -2.12. The minimum absolute atomic E-state index is 0.160. The molecule has 0 aliphatic carbocycles. The maximum Gasteiger partial charge on any atom is 0.339 e. The third-order valence-corrected chi connectivity index (χ3v) is 5.02. The summed E-state index contributed by atoms with van der Waals surface area (Å²) in [6, 6.07) is 10.3. The number of aromatic hydroxyl groups is 1. The first-order chi connectivity index (χ1) is 10.2. The molecule has 116 valence electrons. The van der Waals surface area contributed by atoms with Crippen molar-refractivity contribution in [2.75, 3.05) is 14.1 Å². The summed E-state index contributed by atoms with van der Waals surface area (Å²) in [7, 11) is -0.595. The van der Waals surface area contributed by atoms with Crippen LogP contribution in [0.25, 0.3) is 11.1 Å². The minimum Gasteiger partial charge on any atom is -0.507 e. The van der Waals surface area contributed by atoms with Gasteiger partial charge >= 0.3 is 5.97 Å². The topological polar surface area (TPSA) is 94.9 Å². The van der Waals surface area contributed by atoms with E-state index in [-0.39, 0.29) is 16.2 Å².